The molecule has 1 aliphatic carbocycles. The number of nitrogens with two attached hydrogens (primary N) is 1. The van der Waals surface area contributed by atoms with Gasteiger partial charge in [0.25, 0.3) is 5.56 Å². The number of aromatic nitrogens is 2. The molecule has 0 amide bonds. The van der Waals surface area contributed by atoms with Crippen molar-refractivity contribution >= 4 is 17.6 Å². The van der Waals surface area contributed by atoms with Crippen molar-refractivity contribution in [1.82, 2.24) is 9.97 Å². The van der Waals surface area contributed by atoms with E-state index in [0.29, 0.717) is 16.2 Å². The summed E-state index contributed by atoms with van der Waals surface area (Å²) in [5.41, 5.74) is 5.32. The first-order valence-corrected chi connectivity index (χ1v) is 5.65. The van der Waals surface area contributed by atoms with Crippen LogP contribution in [-0.2, 0) is 0 Å². The van der Waals surface area contributed by atoms with Gasteiger partial charge in [0.1, 0.15) is 5.82 Å². The number of H-pyrrole nitrogens is 1. The highest BCUT2D eigenvalue weighted by Crippen LogP contribution is 2.32. The molecule has 0 radical (unpaired) electrons. The van der Waals surface area contributed by atoms with E-state index in [1.165, 1.54) is 31.7 Å². The smallest absolute Gasteiger partial charge is 0.253 e. The zero-order chi connectivity index (χ0) is 9.97. The van der Waals surface area contributed by atoms with E-state index >= 15 is 0 Å². The van der Waals surface area contributed by atoms with Crippen molar-refractivity contribution in [2.75, 3.05) is 5.73 Å². The minimum Gasteiger partial charge on any atom is -0.383 e. The Balaban J connectivity index is 2.11. The summed E-state index contributed by atoms with van der Waals surface area (Å²) < 4.78 is 0. The van der Waals surface area contributed by atoms with Crippen molar-refractivity contribution in [1.29, 1.82) is 0 Å². The Kier molecular flexibility index (Phi) is 2.77. The summed E-state index contributed by atoms with van der Waals surface area (Å²) in [6.45, 7) is 0. The van der Waals surface area contributed by atoms with Crippen molar-refractivity contribution in [3.05, 3.63) is 16.4 Å². The van der Waals surface area contributed by atoms with Crippen LogP contribution in [0.2, 0.25) is 0 Å². The van der Waals surface area contributed by atoms with Crippen LogP contribution in [0.15, 0.2) is 16.0 Å². The first-order valence-electron chi connectivity index (χ1n) is 4.77. The van der Waals surface area contributed by atoms with Gasteiger partial charge in [-0.15, -0.1) is 0 Å². The second-order valence-electron chi connectivity index (χ2n) is 3.50. The fourth-order valence-electron chi connectivity index (χ4n) is 1.67. The van der Waals surface area contributed by atoms with E-state index < -0.39 is 0 Å². The van der Waals surface area contributed by atoms with Gasteiger partial charge < -0.3 is 10.7 Å². The molecule has 0 saturated heterocycles. The van der Waals surface area contributed by atoms with Gasteiger partial charge in [-0.1, -0.05) is 24.6 Å². The second-order valence-corrected chi connectivity index (χ2v) is 4.79. The van der Waals surface area contributed by atoms with Crippen LogP contribution in [0.4, 0.5) is 5.82 Å². The lowest BCUT2D eigenvalue weighted by atomic mass is 10.4. The fourth-order valence-corrected chi connectivity index (χ4v) is 2.88. The Morgan fingerprint density at radius 1 is 1.50 bits per heavy atom. The van der Waals surface area contributed by atoms with Crippen molar-refractivity contribution < 1.29 is 0 Å². The van der Waals surface area contributed by atoms with Gasteiger partial charge in [-0.25, -0.2) is 4.98 Å². The maximum Gasteiger partial charge on any atom is 0.253 e. The predicted octanol–water partition coefficient (Wildman–Crippen LogP) is 1.39. The maximum absolute atomic E-state index is 11.1. The highest BCUT2D eigenvalue weighted by Gasteiger charge is 2.17. The van der Waals surface area contributed by atoms with Gasteiger partial charge in [-0.2, -0.15) is 0 Å². The largest absolute Gasteiger partial charge is 0.383 e. The number of anilines is 1. The molecule has 1 heterocycles. The highest BCUT2D eigenvalue weighted by atomic mass is 32.2. The molecule has 0 spiro atoms. The standard InChI is InChI=1S/C9H13N3OS/c10-7-5-8(13)12-9(11-7)14-6-3-1-2-4-6/h5-6H,1-4H2,(H3,10,11,12,13). The molecular formula is C9H13N3OS. The van der Waals surface area contributed by atoms with Gasteiger partial charge in [0, 0.05) is 11.3 Å². The van der Waals surface area contributed by atoms with E-state index in [4.69, 9.17) is 5.73 Å². The quantitative estimate of drug-likeness (QED) is 0.725. The maximum atomic E-state index is 11.1. The van der Waals surface area contributed by atoms with Crippen molar-refractivity contribution in [2.24, 2.45) is 0 Å². The molecular weight excluding hydrogens is 198 g/mol. The number of nitrogen functional groups attached to an aromatic ring is 1. The third kappa shape index (κ3) is 2.29. The van der Waals surface area contributed by atoms with Gasteiger partial charge >= 0.3 is 0 Å². The topological polar surface area (TPSA) is 71.8 Å². The lowest BCUT2D eigenvalue weighted by Crippen LogP contribution is -2.10. The zero-order valence-electron chi connectivity index (χ0n) is 7.82. The van der Waals surface area contributed by atoms with Crippen molar-refractivity contribution in [2.45, 2.75) is 36.1 Å². The van der Waals surface area contributed by atoms with Crippen molar-refractivity contribution in [3.8, 4) is 0 Å². The molecule has 5 heteroatoms. The summed E-state index contributed by atoms with van der Waals surface area (Å²) in [4.78, 5) is 17.9. The molecule has 1 saturated carbocycles. The summed E-state index contributed by atoms with van der Waals surface area (Å²) in [6, 6.07) is 1.30. The Hall–Kier alpha value is -0.970. The van der Waals surface area contributed by atoms with Crippen LogP contribution in [0.5, 0.6) is 0 Å². The van der Waals surface area contributed by atoms with Crippen LogP contribution >= 0.6 is 11.8 Å². The van der Waals surface area contributed by atoms with Crippen LogP contribution in [0.25, 0.3) is 0 Å². The molecule has 4 nitrogen and oxygen atoms in total. The molecule has 3 N–H and O–H groups in total. The molecule has 1 aromatic rings. The highest BCUT2D eigenvalue weighted by molar-refractivity contribution is 7.99. The van der Waals surface area contributed by atoms with E-state index in [1.807, 2.05) is 0 Å². The fraction of sp³-hybridized carbons (Fsp3) is 0.556. The molecule has 14 heavy (non-hydrogen) atoms. The lowest BCUT2D eigenvalue weighted by molar-refractivity contribution is 0.880. The molecule has 0 atom stereocenters. The van der Waals surface area contributed by atoms with Crippen LogP contribution in [-0.4, -0.2) is 15.2 Å². The van der Waals surface area contributed by atoms with Gasteiger partial charge in [-0.3, -0.25) is 4.79 Å². The molecule has 0 aromatic carbocycles. The first-order chi connectivity index (χ1) is 6.74. The van der Waals surface area contributed by atoms with Gasteiger partial charge in [0.2, 0.25) is 0 Å². The van der Waals surface area contributed by atoms with Crippen molar-refractivity contribution in [3.63, 3.8) is 0 Å². The van der Waals surface area contributed by atoms with E-state index in [0.717, 1.165) is 0 Å². The van der Waals surface area contributed by atoms with E-state index in [2.05, 4.69) is 9.97 Å². The number of aromatic amines is 1. The zero-order valence-corrected chi connectivity index (χ0v) is 8.64. The summed E-state index contributed by atoms with van der Waals surface area (Å²) in [7, 11) is 0. The van der Waals surface area contributed by atoms with Crippen LogP contribution in [0.1, 0.15) is 25.7 Å². The average Bonchev–Trinajstić information content (AvgIpc) is 2.54. The number of nitrogens with zero attached hydrogens (tertiary/aromatic N) is 1. The molecule has 0 unspecified atom stereocenters. The number of rotatable bonds is 2. The van der Waals surface area contributed by atoms with E-state index in [1.54, 1.807) is 11.8 Å². The predicted molar refractivity (Wildman–Crippen MR) is 57.4 cm³/mol. The second kappa shape index (κ2) is 4.04. The van der Waals surface area contributed by atoms with E-state index in [9.17, 15) is 4.79 Å². The summed E-state index contributed by atoms with van der Waals surface area (Å²) in [5.74, 6) is 0.300. The Morgan fingerprint density at radius 3 is 2.86 bits per heavy atom. The minimum absolute atomic E-state index is 0.169. The number of nitrogens with one attached hydrogen (secondary N) is 1. The number of hydrogen-bond acceptors (Lipinski definition) is 4. The first kappa shape index (κ1) is 9.58. The molecule has 1 fully saturated rings. The van der Waals surface area contributed by atoms with Crippen LogP contribution in [0, 0.1) is 0 Å². The summed E-state index contributed by atoms with van der Waals surface area (Å²) >= 11 is 1.63. The third-order valence-corrected chi connectivity index (χ3v) is 3.54. The van der Waals surface area contributed by atoms with Crippen LogP contribution < -0.4 is 11.3 Å². The summed E-state index contributed by atoms with van der Waals surface area (Å²) in [5, 5.41) is 1.25. The molecule has 1 aliphatic rings. The molecule has 0 bridgehead atoms. The van der Waals surface area contributed by atoms with E-state index in [-0.39, 0.29) is 5.56 Å². The molecule has 76 valence electrons. The minimum atomic E-state index is -0.169. The Bertz CT molecular complexity index is 371. The molecule has 0 aliphatic heterocycles. The Morgan fingerprint density at radius 2 is 2.21 bits per heavy atom. The number of thioether (sulfide) groups is 1. The lowest BCUT2D eigenvalue weighted by Gasteiger charge is -2.06. The molecule has 1 aromatic heterocycles. The third-order valence-electron chi connectivity index (χ3n) is 2.32. The Labute approximate surface area is 86.3 Å². The van der Waals surface area contributed by atoms with Gasteiger partial charge in [-0.05, 0) is 12.8 Å². The summed E-state index contributed by atoms with van der Waals surface area (Å²) in [6.07, 6.45) is 4.99. The normalized spacial score (nSPS) is 17.4. The SMILES string of the molecule is Nc1cc(=O)[nH]c(SC2CCCC2)n1. The van der Waals surface area contributed by atoms with Crippen LogP contribution in [0.3, 0.4) is 0 Å². The van der Waals surface area contributed by atoms with Gasteiger partial charge in [0.15, 0.2) is 5.16 Å². The number of hydrogen-bond donors (Lipinski definition) is 2. The monoisotopic (exact) mass is 211 g/mol. The van der Waals surface area contributed by atoms with Gasteiger partial charge in [0.05, 0.1) is 0 Å². The molecule has 2 rings (SSSR count). The average molecular weight is 211 g/mol.